The summed E-state index contributed by atoms with van der Waals surface area (Å²) in [6.07, 6.45) is 0.567. The summed E-state index contributed by atoms with van der Waals surface area (Å²) in [6.45, 7) is 3.84. The molecule has 0 bridgehead atoms. The second-order valence-corrected chi connectivity index (χ2v) is 10.8. The number of anilines is 1. The van der Waals surface area contributed by atoms with Crippen LogP contribution in [0, 0.1) is 28.9 Å². The molecule has 2 amide bonds. The maximum atomic E-state index is 14.5. The van der Waals surface area contributed by atoms with Crippen molar-refractivity contribution < 1.29 is 23.1 Å². The predicted molar refractivity (Wildman–Crippen MR) is 151 cm³/mol. The van der Waals surface area contributed by atoms with Crippen molar-refractivity contribution in [1.29, 1.82) is 5.26 Å². The maximum absolute atomic E-state index is 14.5. The number of piperidine rings is 1. The van der Waals surface area contributed by atoms with Gasteiger partial charge < -0.3 is 19.4 Å². The van der Waals surface area contributed by atoms with Crippen LogP contribution >= 0.6 is 11.6 Å². The van der Waals surface area contributed by atoms with Crippen molar-refractivity contribution in [2.45, 2.75) is 31.7 Å². The third-order valence-electron chi connectivity index (χ3n) is 7.90. The Bertz CT molecular complexity index is 1480. The van der Waals surface area contributed by atoms with E-state index in [0.717, 1.165) is 0 Å². The number of likely N-dealkylation sites (tertiary alicyclic amines) is 1. The summed E-state index contributed by atoms with van der Waals surface area (Å²) in [7, 11) is 0. The van der Waals surface area contributed by atoms with E-state index < -0.39 is 23.8 Å². The Labute approximate surface area is 247 Å². The van der Waals surface area contributed by atoms with E-state index in [1.54, 1.807) is 30.0 Å². The van der Waals surface area contributed by atoms with Crippen molar-refractivity contribution in [3.05, 3.63) is 82.5 Å². The third kappa shape index (κ3) is 6.29. The van der Waals surface area contributed by atoms with Gasteiger partial charge in [0, 0.05) is 44.6 Å². The van der Waals surface area contributed by atoms with Gasteiger partial charge in [0.1, 0.15) is 23.5 Å². The molecule has 42 heavy (non-hydrogen) atoms. The van der Waals surface area contributed by atoms with Crippen LogP contribution in [0.4, 0.5) is 19.4 Å². The Morgan fingerprint density at radius 2 is 1.81 bits per heavy atom. The van der Waals surface area contributed by atoms with Gasteiger partial charge in [-0.15, -0.1) is 10.2 Å². The van der Waals surface area contributed by atoms with Crippen LogP contribution in [0.15, 0.2) is 54.6 Å². The van der Waals surface area contributed by atoms with Gasteiger partial charge in [-0.2, -0.15) is 5.26 Å². The molecule has 0 N–H and O–H groups in total. The number of hydrogen-bond acceptors (Lipinski definition) is 7. The lowest BCUT2D eigenvalue weighted by Gasteiger charge is -2.34. The monoisotopic (exact) mass is 594 g/mol. The molecular formula is C30H29ClF2N6O3. The van der Waals surface area contributed by atoms with Gasteiger partial charge in [0.2, 0.25) is 5.91 Å². The molecule has 2 saturated heterocycles. The molecule has 2 atom stereocenters. The van der Waals surface area contributed by atoms with Gasteiger partial charge >= 0.3 is 6.09 Å². The molecule has 2 aliphatic heterocycles. The van der Waals surface area contributed by atoms with E-state index in [4.69, 9.17) is 21.6 Å². The molecule has 2 unspecified atom stereocenters. The van der Waals surface area contributed by atoms with Gasteiger partial charge in [0.25, 0.3) is 0 Å². The van der Waals surface area contributed by atoms with Crippen LogP contribution in [0.2, 0.25) is 5.02 Å². The molecule has 2 fully saturated rings. The Kier molecular flexibility index (Phi) is 8.83. The van der Waals surface area contributed by atoms with Crippen molar-refractivity contribution in [2.75, 3.05) is 37.6 Å². The van der Waals surface area contributed by atoms with Crippen molar-refractivity contribution in [2.24, 2.45) is 5.92 Å². The number of hydrogen-bond donors (Lipinski definition) is 0. The minimum atomic E-state index is -0.639. The molecule has 12 heteroatoms. The topological polar surface area (TPSA) is 103 Å². The Balaban J connectivity index is 1.32. The average Bonchev–Trinajstić information content (AvgIpc) is 3.45. The van der Waals surface area contributed by atoms with E-state index in [2.05, 4.69) is 10.2 Å². The van der Waals surface area contributed by atoms with E-state index in [-0.39, 0.29) is 47.3 Å². The number of benzene rings is 2. The van der Waals surface area contributed by atoms with Crippen molar-refractivity contribution in [3.63, 3.8) is 0 Å². The first-order chi connectivity index (χ1) is 20.3. The highest BCUT2D eigenvalue weighted by Gasteiger charge is 2.43. The molecule has 0 radical (unpaired) electrons. The number of carbonyl (C=O) groups is 2. The highest BCUT2D eigenvalue weighted by molar-refractivity contribution is 6.30. The van der Waals surface area contributed by atoms with Crippen LogP contribution in [-0.2, 0) is 4.79 Å². The Morgan fingerprint density at radius 1 is 1.07 bits per heavy atom. The number of carbonyl (C=O) groups excluding carboxylic acids is 2. The van der Waals surface area contributed by atoms with Gasteiger partial charge in [0.05, 0.1) is 11.1 Å². The zero-order valence-electron chi connectivity index (χ0n) is 22.9. The SMILES string of the molecule is CCN(C(=O)Oc1ccc(F)cc1)C1CN(C(=O)C2CCN(c3ccc(C#N)nn3)CC2)CC1c1ccc(Cl)c(F)c1. The van der Waals surface area contributed by atoms with Gasteiger partial charge in [-0.25, -0.2) is 13.6 Å². The van der Waals surface area contributed by atoms with Crippen LogP contribution in [0.1, 0.15) is 36.9 Å². The molecule has 2 aliphatic rings. The quantitative estimate of drug-likeness (QED) is 0.395. The van der Waals surface area contributed by atoms with Crippen molar-refractivity contribution in [3.8, 4) is 11.8 Å². The highest BCUT2D eigenvalue weighted by atomic mass is 35.5. The standard InChI is InChI=1S/C30H29ClF2N6O3/c1-2-39(30(41)42-23-7-4-21(32)5-8-23)27-18-38(17-24(27)20-3-9-25(31)26(33)15-20)29(40)19-11-13-37(14-12-19)28-10-6-22(16-34)35-36-28/h3-10,15,19,24,27H,2,11-14,17-18H2,1H3. The molecule has 0 saturated carbocycles. The highest BCUT2D eigenvalue weighted by Crippen LogP contribution is 2.35. The molecule has 5 rings (SSSR count). The fourth-order valence-corrected chi connectivity index (χ4v) is 5.80. The normalized spacial score (nSPS) is 18.9. The lowest BCUT2D eigenvalue weighted by atomic mass is 9.93. The summed E-state index contributed by atoms with van der Waals surface area (Å²) >= 11 is 5.94. The van der Waals surface area contributed by atoms with Crippen molar-refractivity contribution in [1.82, 2.24) is 20.0 Å². The second kappa shape index (κ2) is 12.7. The number of nitriles is 1. The largest absolute Gasteiger partial charge is 0.415 e. The number of amides is 2. The Hall–Kier alpha value is -4.30. The van der Waals surface area contributed by atoms with E-state index >= 15 is 0 Å². The van der Waals surface area contributed by atoms with Gasteiger partial charge in [-0.05, 0) is 73.9 Å². The fourth-order valence-electron chi connectivity index (χ4n) is 5.68. The smallest absolute Gasteiger partial charge is 0.410 e. The first-order valence-corrected chi connectivity index (χ1v) is 14.1. The lowest BCUT2D eigenvalue weighted by Crippen LogP contribution is -2.47. The van der Waals surface area contributed by atoms with E-state index in [1.807, 2.05) is 11.0 Å². The number of likely N-dealkylation sites (N-methyl/N-ethyl adjacent to an activating group) is 1. The summed E-state index contributed by atoms with van der Waals surface area (Å²) < 4.78 is 33.4. The molecule has 218 valence electrons. The molecule has 2 aromatic carbocycles. The maximum Gasteiger partial charge on any atom is 0.415 e. The number of nitrogens with zero attached hydrogens (tertiary/aromatic N) is 6. The number of ether oxygens (including phenoxy) is 1. The van der Waals surface area contributed by atoms with E-state index in [0.29, 0.717) is 43.9 Å². The summed E-state index contributed by atoms with van der Waals surface area (Å²) in [5, 5.41) is 17.0. The van der Waals surface area contributed by atoms with Crippen LogP contribution < -0.4 is 9.64 Å². The molecule has 1 aromatic heterocycles. The van der Waals surface area contributed by atoms with Crippen LogP contribution in [0.5, 0.6) is 5.75 Å². The van der Waals surface area contributed by atoms with Crippen molar-refractivity contribution >= 4 is 29.4 Å². The van der Waals surface area contributed by atoms with Crippen LogP contribution in [0.25, 0.3) is 0 Å². The zero-order chi connectivity index (χ0) is 29.8. The fraction of sp³-hybridized carbons (Fsp3) is 0.367. The Morgan fingerprint density at radius 3 is 2.43 bits per heavy atom. The second-order valence-electron chi connectivity index (χ2n) is 10.3. The summed E-state index contributed by atoms with van der Waals surface area (Å²) in [5.74, 6) is -0.806. The molecule has 9 nitrogen and oxygen atoms in total. The van der Waals surface area contributed by atoms with Gasteiger partial charge in [-0.3, -0.25) is 4.79 Å². The van der Waals surface area contributed by atoms with E-state index in [9.17, 15) is 18.4 Å². The first kappa shape index (κ1) is 29.2. The first-order valence-electron chi connectivity index (χ1n) is 13.7. The minimum absolute atomic E-state index is 0.0111. The molecule has 3 heterocycles. The number of aromatic nitrogens is 2. The minimum Gasteiger partial charge on any atom is -0.410 e. The van der Waals surface area contributed by atoms with Crippen LogP contribution in [0.3, 0.4) is 0 Å². The van der Waals surface area contributed by atoms with Gasteiger partial charge in [-0.1, -0.05) is 17.7 Å². The van der Waals surface area contributed by atoms with E-state index in [1.165, 1.54) is 41.3 Å². The van der Waals surface area contributed by atoms with Gasteiger partial charge in [0.15, 0.2) is 11.5 Å². The molecular weight excluding hydrogens is 566 g/mol. The summed E-state index contributed by atoms with van der Waals surface area (Å²) in [5.41, 5.74) is 0.865. The lowest BCUT2D eigenvalue weighted by molar-refractivity contribution is -0.135. The number of rotatable bonds is 6. The summed E-state index contributed by atoms with van der Waals surface area (Å²) in [6, 6.07) is 14.5. The number of halogens is 3. The molecule has 0 aliphatic carbocycles. The average molecular weight is 595 g/mol. The van der Waals surface area contributed by atoms with Crippen LogP contribution in [-0.4, -0.2) is 70.8 Å². The zero-order valence-corrected chi connectivity index (χ0v) is 23.7. The molecule has 0 spiro atoms. The third-order valence-corrected chi connectivity index (χ3v) is 8.21. The summed E-state index contributed by atoms with van der Waals surface area (Å²) in [4.78, 5) is 32.3. The predicted octanol–water partition coefficient (Wildman–Crippen LogP) is 5.01. The molecule has 3 aromatic rings.